The minimum Gasteiger partial charge on any atom is -0.473 e. The van der Waals surface area contributed by atoms with Crippen LogP contribution in [0.15, 0.2) is 60.7 Å². The second kappa shape index (κ2) is 22.6. The van der Waals surface area contributed by atoms with E-state index in [0.29, 0.717) is 39.5 Å². The average Bonchev–Trinajstić information content (AvgIpc) is 3.07. The smallest absolute Gasteiger partial charge is 0.414 e. The molecule has 2 saturated heterocycles. The quantitative estimate of drug-likeness (QED) is 0.111. The summed E-state index contributed by atoms with van der Waals surface area (Å²) in [6.07, 6.45) is 3.33. The highest BCUT2D eigenvalue weighted by molar-refractivity contribution is 6.27. The third kappa shape index (κ3) is 15.9. The van der Waals surface area contributed by atoms with Gasteiger partial charge in [-0.15, -0.1) is 0 Å². The number of esters is 2. The highest BCUT2D eigenvalue weighted by Gasteiger charge is 2.27. The third-order valence-electron chi connectivity index (χ3n) is 6.82. The summed E-state index contributed by atoms with van der Waals surface area (Å²) in [7, 11) is 0. The third-order valence-corrected chi connectivity index (χ3v) is 6.82. The van der Waals surface area contributed by atoms with E-state index in [1.165, 1.54) is 0 Å². The van der Waals surface area contributed by atoms with E-state index in [2.05, 4.69) is 21.6 Å². The molecular weight excluding hydrogens is 600 g/mol. The van der Waals surface area contributed by atoms with E-state index in [4.69, 9.17) is 39.0 Å². The Morgan fingerprint density at radius 1 is 0.652 bits per heavy atom. The van der Waals surface area contributed by atoms with Crippen LogP contribution in [0.3, 0.4) is 0 Å². The lowest BCUT2D eigenvalue weighted by Gasteiger charge is -2.28. The number of aliphatic carboxylic acids is 2. The molecule has 2 aromatic rings. The van der Waals surface area contributed by atoms with Crippen LogP contribution in [0.5, 0.6) is 0 Å². The Morgan fingerprint density at radius 3 is 1.30 bits per heavy atom. The molecule has 2 aliphatic rings. The first-order valence-corrected chi connectivity index (χ1v) is 15.3. The van der Waals surface area contributed by atoms with E-state index >= 15 is 0 Å². The maximum absolute atomic E-state index is 11.6. The first-order valence-electron chi connectivity index (χ1n) is 15.3. The first-order chi connectivity index (χ1) is 22.2. The van der Waals surface area contributed by atoms with Crippen LogP contribution in [0.4, 0.5) is 0 Å². The number of ether oxygens (including phenoxy) is 2. The van der Waals surface area contributed by atoms with E-state index in [9.17, 15) is 9.59 Å². The van der Waals surface area contributed by atoms with Gasteiger partial charge in [-0.2, -0.15) is 11.0 Å². The van der Waals surface area contributed by atoms with Gasteiger partial charge in [-0.25, -0.2) is 9.59 Å². The number of carbonyl (C=O) groups excluding carboxylic acids is 2. The predicted octanol–water partition coefficient (Wildman–Crippen LogP) is 1.94. The van der Waals surface area contributed by atoms with Gasteiger partial charge in [0.15, 0.2) is 0 Å². The number of nitrogens with one attached hydrogen (secondary N) is 4. The van der Waals surface area contributed by atoms with E-state index in [1.54, 1.807) is 0 Å². The van der Waals surface area contributed by atoms with E-state index in [1.807, 2.05) is 74.5 Å². The molecular formula is C32H46N4O10. The largest absolute Gasteiger partial charge is 0.473 e. The van der Waals surface area contributed by atoms with Gasteiger partial charge in [0.2, 0.25) is 0 Å². The van der Waals surface area contributed by atoms with Crippen LogP contribution < -0.4 is 21.6 Å². The van der Waals surface area contributed by atoms with Crippen molar-refractivity contribution < 1.29 is 48.5 Å². The van der Waals surface area contributed by atoms with Crippen molar-refractivity contribution in [2.45, 2.75) is 76.9 Å². The van der Waals surface area contributed by atoms with Gasteiger partial charge < -0.3 is 30.3 Å². The van der Waals surface area contributed by atoms with Crippen molar-refractivity contribution in [3.05, 3.63) is 71.8 Å². The Morgan fingerprint density at radius 2 is 1.02 bits per heavy atom. The van der Waals surface area contributed by atoms with Crippen LogP contribution in [-0.4, -0.2) is 84.6 Å². The molecule has 0 aliphatic carbocycles. The molecule has 2 aliphatic heterocycles. The molecule has 0 amide bonds. The fraction of sp³-hybridized carbons (Fsp3) is 0.500. The highest BCUT2D eigenvalue weighted by Crippen LogP contribution is 2.11. The molecule has 4 rings (SSSR count). The lowest BCUT2D eigenvalue weighted by Crippen LogP contribution is -2.51. The normalized spacial score (nSPS) is 20.5. The van der Waals surface area contributed by atoms with Crippen LogP contribution >= 0.6 is 0 Å². The number of hydrogen-bond donors (Lipinski definition) is 6. The molecule has 0 aromatic heterocycles. The summed E-state index contributed by atoms with van der Waals surface area (Å²) < 4.78 is 10.0. The summed E-state index contributed by atoms with van der Waals surface area (Å²) in [5, 5.41) is 21.2. The number of piperidine rings is 2. The molecule has 1 unspecified atom stereocenters. The maximum atomic E-state index is 11.6. The van der Waals surface area contributed by atoms with Crippen molar-refractivity contribution in [2.24, 2.45) is 0 Å². The van der Waals surface area contributed by atoms with Gasteiger partial charge in [-0.3, -0.25) is 19.3 Å². The van der Waals surface area contributed by atoms with E-state index in [-0.39, 0.29) is 36.1 Å². The summed E-state index contributed by atoms with van der Waals surface area (Å²) in [6.45, 7) is 7.00. The zero-order chi connectivity index (χ0) is 33.6. The SMILES string of the molecule is CCOC(=O)C1CC[C@@H](NOCc2ccccc2)CN1.CCOC(=O)[C@@H]1CC[C@H](NOCc2ccccc2)CN1.O=C(O)C(=O)O. The molecule has 2 aromatic carbocycles. The number of hydroxylamine groups is 2. The monoisotopic (exact) mass is 646 g/mol. The zero-order valence-corrected chi connectivity index (χ0v) is 26.3. The molecule has 0 bridgehead atoms. The van der Waals surface area contributed by atoms with Gasteiger partial charge in [-0.05, 0) is 50.7 Å². The summed E-state index contributed by atoms with van der Waals surface area (Å²) in [5.41, 5.74) is 8.36. The van der Waals surface area contributed by atoms with Crippen LogP contribution in [0.2, 0.25) is 0 Å². The van der Waals surface area contributed by atoms with Gasteiger partial charge in [0.1, 0.15) is 12.1 Å². The number of hydrogen-bond acceptors (Lipinski definition) is 12. The molecule has 254 valence electrons. The molecule has 4 atom stereocenters. The van der Waals surface area contributed by atoms with Crippen molar-refractivity contribution in [1.82, 2.24) is 21.6 Å². The fourth-order valence-corrected chi connectivity index (χ4v) is 4.44. The Bertz CT molecular complexity index is 1060. The number of carbonyl (C=O) groups is 4. The summed E-state index contributed by atoms with van der Waals surface area (Å²) in [4.78, 5) is 52.3. The molecule has 6 N–H and O–H groups in total. The topological polar surface area (TPSA) is 194 Å². The number of rotatable bonds is 12. The van der Waals surface area contributed by atoms with Crippen LogP contribution in [0, 0.1) is 0 Å². The molecule has 14 nitrogen and oxygen atoms in total. The van der Waals surface area contributed by atoms with Gasteiger partial charge in [-0.1, -0.05) is 60.7 Å². The number of benzene rings is 2. The van der Waals surface area contributed by atoms with Crippen molar-refractivity contribution in [3.63, 3.8) is 0 Å². The number of carboxylic acids is 2. The van der Waals surface area contributed by atoms with Crippen LogP contribution in [0.1, 0.15) is 50.7 Å². The van der Waals surface area contributed by atoms with Gasteiger partial charge >= 0.3 is 23.9 Å². The highest BCUT2D eigenvalue weighted by atomic mass is 16.6. The molecule has 2 heterocycles. The second-order valence-electron chi connectivity index (χ2n) is 10.4. The summed E-state index contributed by atoms with van der Waals surface area (Å²) in [6, 6.07) is 20.1. The van der Waals surface area contributed by atoms with Crippen molar-refractivity contribution >= 4 is 23.9 Å². The lowest BCUT2D eigenvalue weighted by molar-refractivity contribution is -0.159. The average molecular weight is 647 g/mol. The Kier molecular flexibility index (Phi) is 18.8. The zero-order valence-electron chi connectivity index (χ0n) is 26.3. The van der Waals surface area contributed by atoms with Crippen LogP contribution in [0.25, 0.3) is 0 Å². The predicted molar refractivity (Wildman–Crippen MR) is 167 cm³/mol. The first kappa shape index (κ1) is 38.3. The number of carboxylic acid groups (broad SMARTS) is 2. The summed E-state index contributed by atoms with van der Waals surface area (Å²) >= 11 is 0. The van der Waals surface area contributed by atoms with Crippen molar-refractivity contribution in [3.8, 4) is 0 Å². The fourth-order valence-electron chi connectivity index (χ4n) is 4.44. The summed E-state index contributed by atoms with van der Waals surface area (Å²) in [5.74, 6) is -3.96. The standard InChI is InChI=1S/2C15H22N2O3.C2H2O4/c2*1-2-19-15(18)14-9-8-13(10-16-14)17-20-11-12-6-4-3-5-7-12;3-1(4)2(5)6/h2*3-7,13-14,16-17H,2,8-11H2,1H3;(H,3,4)(H,5,6)/t13-,14?;13-,14-;/m10./s1. The Labute approximate surface area is 269 Å². The molecule has 0 spiro atoms. The lowest BCUT2D eigenvalue weighted by atomic mass is 10.0. The second-order valence-corrected chi connectivity index (χ2v) is 10.4. The van der Waals surface area contributed by atoms with Crippen molar-refractivity contribution in [1.29, 1.82) is 0 Å². The molecule has 46 heavy (non-hydrogen) atoms. The Hall–Kier alpha value is -3.92. The molecule has 14 heteroatoms. The van der Waals surface area contributed by atoms with Gasteiger partial charge in [0.25, 0.3) is 0 Å². The van der Waals surface area contributed by atoms with Gasteiger partial charge in [0.05, 0.1) is 26.4 Å². The van der Waals surface area contributed by atoms with E-state index in [0.717, 1.165) is 36.8 Å². The van der Waals surface area contributed by atoms with Crippen molar-refractivity contribution in [2.75, 3.05) is 26.3 Å². The van der Waals surface area contributed by atoms with Gasteiger partial charge in [0, 0.05) is 25.2 Å². The maximum Gasteiger partial charge on any atom is 0.414 e. The molecule has 0 saturated carbocycles. The molecule has 0 radical (unpaired) electrons. The molecule has 2 fully saturated rings. The van der Waals surface area contributed by atoms with Crippen LogP contribution in [-0.2, 0) is 51.5 Å². The minimum absolute atomic E-state index is 0.156. The van der Waals surface area contributed by atoms with E-state index < -0.39 is 11.9 Å². The minimum atomic E-state index is -1.82. The Balaban J connectivity index is 0.000000273.